The van der Waals surface area contributed by atoms with Crippen LogP contribution >= 0.6 is 0 Å². The molecular weight excluding hydrogens is 310 g/mol. The molecule has 2 aromatic carbocycles. The molecule has 1 heterocycles. The second-order valence-corrected chi connectivity index (χ2v) is 8.55. The molecule has 0 aromatic heterocycles. The molecule has 4 nitrogen and oxygen atoms in total. The number of aliphatic hydroxyl groups excluding tert-OH is 1. The van der Waals surface area contributed by atoms with E-state index in [2.05, 4.69) is 0 Å². The molecule has 0 amide bonds. The summed E-state index contributed by atoms with van der Waals surface area (Å²) in [5.74, 6) is 0. The summed E-state index contributed by atoms with van der Waals surface area (Å²) in [6.45, 7) is 2.73. The van der Waals surface area contributed by atoms with E-state index < -0.39 is 21.4 Å². The smallest absolute Gasteiger partial charge is 0.219 e. The SMILES string of the molecule is C[C@@H]([C@H](O)c1ccc2ccccc2c1)S(=O)(=O)N1CCCCC1. The second kappa shape index (κ2) is 6.59. The first kappa shape index (κ1) is 16.4. The molecule has 5 heteroatoms. The minimum atomic E-state index is -3.48. The number of sulfonamides is 1. The van der Waals surface area contributed by atoms with E-state index in [1.54, 1.807) is 6.92 Å². The number of rotatable bonds is 4. The molecule has 1 saturated heterocycles. The van der Waals surface area contributed by atoms with Gasteiger partial charge in [-0.2, -0.15) is 0 Å². The molecule has 2 atom stereocenters. The highest BCUT2D eigenvalue weighted by Crippen LogP contribution is 2.28. The highest BCUT2D eigenvalue weighted by molar-refractivity contribution is 7.89. The van der Waals surface area contributed by atoms with Crippen LogP contribution in [0.15, 0.2) is 42.5 Å². The van der Waals surface area contributed by atoms with Crippen LogP contribution in [0, 0.1) is 0 Å². The van der Waals surface area contributed by atoms with Crippen molar-refractivity contribution < 1.29 is 13.5 Å². The van der Waals surface area contributed by atoms with Crippen LogP contribution in [0.5, 0.6) is 0 Å². The van der Waals surface area contributed by atoms with Crippen LogP contribution in [0.2, 0.25) is 0 Å². The van der Waals surface area contributed by atoms with Crippen LogP contribution in [0.3, 0.4) is 0 Å². The van der Waals surface area contributed by atoms with E-state index in [-0.39, 0.29) is 0 Å². The average molecular weight is 333 g/mol. The molecule has 1 fully saturated rings. The maximum absolute atomic E-state index is 12.7. The second-order valence-electron chi connectivity index (χ2n) is 6.26. The van der Waals surface area contributed by atoms with Gasteiger partial charge in [-0.3, -0.25) is 0 Å². The predicted molar refractivity (Wildman–Crippen MR) is 92.7 cm³/mol. The number of hydrogen-bond donors (Lipinski definition) is 1. The van der Waals surface area contributed by atoms with E-state index in [0.717, 1.165) is 30.0 Å². The van der Waals surface area contributed by atoms with Crippen LogP contribution in [0.1, 0.15) is 37.9 Å². The van der Waals surface area contributed by atoms with Gasteiger partial charge in [0.2, 0.25) is 10.0 Å². The van der Waals surface area contributed by atoms with Crippen molar-refractivity contribution in [2.24, 2.45) is 0 Å². The lowest BCUT2D eigenvalue weighted by atomic mass is 10.0. The fraction of sp³-hybridized carbons (Fsp3) is 0.444. The molecule has 2 aromatic rings. The molecule has 0 spiro atoms. The van der Waals surface area contributed by atoms with Crippen molar-refractivity contribution in [2.75, 3.05) is 13.1 Å². The largest absolute Gasteiger partial charge is 0.387 e. The molecular formula is C18H23NO3S. The van der Waals surface area contributed by atoms with E-state index >= 15 is 0 Å². The third-order valence-corrected chi connectivity index (χ3v) is 6.99. The first-order valence-electron chi connectivity index (χ1n) is 8.16. The normalized spacial score (nSPS) is 19.6. The molecule has 23 heavy (non-hydrogen) atoms. The lowest BCUT2D eigenvalue weighted by molar-refractivity contribution is 0.172. The Labute approximate surface area is 137 Å². The van der Waals surface area contributed by atoms with E-state index in [1.165, 1.54) is 4.31 Å². The van der Waals surface area contributed by atoms with Crippen LogP contribution in [0.4, 0.5) is 0 Å². The average Bonchev–Trinajstić information content (AvgIpc) is 2.60. The van der Waals surface area contributed by atoms with E-state index in [9.17, 15) is 13.5 Å². The Balaban J connectivity index is 1.86. The van der Waals surface area contributed by atoms with E-state index in [1.807, 2.05) is 42.5 Å². The lowest BCUT2D eigenvalue weighted by Crippen LogP contribution is -2.42. The molecule has 0 saturated carbocycles. The fourth-order valence-electron chi connectivity index (χ4n) is 3.18. The zero-order valence-corrected chi connectivity index (χ0v) is 14.2. The van der Waals surface area contributed by atoms with Gasteiger partial charge in [0.1, 0.15) is 5.25 Å². The summed E-state index contributed by atoms with van der Waals surface area (Å²) < 4.78 is 27.0. The van der Waals surface area contributed by atoms with Crippen molar-refractivity contribution in [2.45, 2.75) is 37.5 Å². The Morgan fingerprint density at radius 3 is 2.35 bits per heavy atom. The Kier molecular flexibility index (Phi) is 4.71. The van der Waals surface area contributed by atoms with Gasteiger partial charge in [0.15, 0.2) is 0 Å². The van der Waals surface area contributed by atoms with Gasteiger partial charge < -0.3 is 5.11 Å². The zero-order chi connectivity index (χ0) is 16.4. The summed E-state index contributed by atoms with van der Waals surface area (Å²) in [5, 5.41) is 11.8. The van der Waals surface area contributed by atoms with Crippen molar-refractivity contribution >= 4 is 20.8 Å². The van der Waals surface area contributed by atoms with Gasteiger partial charge in [-0.05, 0) is 42.2 Å². The molecule has 3 rings (SSSR count). The van der Waals surface area contributed by atoms with Crippen molar-refractivity contribution in [3.63, 3.8) is 0 Å². The van der Waals surface area contributed by atoms with Crippen molar-refractivity contribution in [3.8, 4) is 0 Å². The number of fused-ring (bicyclic) bond motifs is 1. The number of piperidine rings is 1. The first-order chi connectivity index (χ1) is 11.0. The molecule has 1 aliphatic rings. The Bertz CT molecular complexity index is 782. The number of aliphatic hydroxyl groups is 1. The highest BCUT2D eigenvalue weighted by atomic mass is 32.2. The molecule has 1 aliphatic heterocycles. The van der Waals surface area contributed by atoms with Crippen LogP contribution in [-0.2, 0) is 10.0 Å². The molecule has 0 bridgehead atoms. The van der Waals surface area contributed by atoms with Gasteiger partial charge in [-0.15, -0.1) is 0 Å². The Morgan fingerprint density at radius 2 is 1.65 bits per heavy atom. The maximum atomic E-state index is 12.7. The van der Waals surface area contributed by atoms with Gasteiger partial charge in [-0.1, -0.05) is 42.8 Å². The number of hydrogen-bond acceptors (Lipinski definition) is 3. The quantitative estimate of drug-likeness (QED) is 0.935. The van der Waals surface area contributed by atoms with Gasteiger partial charge in [0.05, 0.1) is 6.10 Å². The van der Waals surface area contributed by atoms with Crippen LogP contribution in [-0.4, -0.2) is 36.2 Å². The minimum Gasteiger partial charge on any atom is -0.387 e. The molecule has 124 valence electrons. The summed E-state index contributed by atoms with van der Waals surface area (Å²) >= 11 is 0. The third-order valence-electron chi connectivity index (χ3n) is 4.70. The van der Waals surface area contributed by atoms with Crippen molar-refractivity contribution in [1.29, 1.82) is 0 Å². The standard InChI is InChI=1S/C18H23NO3S/c1-14(23(21,22)19-11-5-2-6-12-19)18(20)17-10-9-15-7-3-4-8-16(15)13-17/h3-4,7-10,13-14,18,20H,2,5-6,11-12H2,1H3/t14-,18-/m0/s1. The number of benzene rings is 2. The summed E-state index contributed by atoms with van der Waals surface area (Å²) in [4.78, 5) is 0. The molecule has 1 N–H and O–H groups in total. The maximum Gasteiger partial charge on any atom is 0.219 e. The fourth-order valence-corrected chi connectivity index (χ4v) is 4.90. The van der Waals surface area contributed by atoms with Gasteiger partial charge >= 0.3 is 0 Å². The Hall–Kier alpha value is -1.43. The first-order valence-corrected chi connectivity index (χ1v) is 9.66. The summed E-state index contributed by atoms with van der Waals surface area (Å²) in [6, 6.07) is 13.5. The topological polar surface area (TPSA) is 57.6 Å². The zero-order valence-electron chi connectivity index (χ0n) is 13.4. The summed E-state index contributed by atoms with van der Waals surface area (Å²) in [6.07, 6.45) is 1.86. The Morgan fingerprint density at radius 1 is 1.00 bits per heavy atom. The van der Waals surface area contributed by atoms with Gasteiger partial charge in [-0.25, -0.2) is 12.7 Å². The predicted octanol–water partition coefficient (Wildman–Crippen LogP) is 3.08. The van der Waals surface area contributed by atoms with Crippen molar-refractivity contribution in [1.82, 2.24) is 4.31 Å². The lowest BCUT2D eigenvalue weighted by Gasteiger charge is -2.30. The summed E-state index contributed by atoms with van der Waals surface area (Å²) in [5.41, 5.74) is 0.650. The molecule has 0 radical (unpaired) electrons. The highest BCUT2D eigenvalue weighted by Gasteiger charge is 2.34. The molecule has 0 unspecified atom stereocenters. The van der Waals surface area contributed by atoms with E-state index in [4.69, 9.17) is 0 Å². The minimum absolute atomic E-state index is 0.567. The van der Waals surface area contributed by atoms with Crippen molar-refractivity contribution in [3.05, 3.63) is 48.0 Å². The van der Waals surface area contributed by atoms with Gasteiger partial charge in [0.25, 0.3) is 0 Å². The third kappa shape index (κ3) is 3.27. The van der Waals surface area contributed by atoms with Crippen LogP contribution < -0.4 is 0 Å². The van der Waals surface area contributed by atoms with Crippen LogP contribution in [0.25, 0.3) is 10.8 Å². The summed E-state index contributed by atoms with van der Waals surface area (Å²) in [7, 11) is -3.48. The monoisotopic (exact) mass is 333 g/mol. The number of nitrogens with zero attached hydrogens (tertiary/aromatic N) is 1. The van der Waals surface area contributed by atoms with E-state index in [0.29, 0.717) is 18.7 Å². The molecule has 0 aliphatic carbocycles. The van der Waals surface area contributed by atoms with Gasteiger partial charge in [0, 0.05) is 13.1 Å².